The van der Waals surface area contributed by atoms with Crippen LogP contribution in [0.4, 0.5) is 0 Å². The highest BCUT2D eigenvalue weighted by atomic mass is 32.2. The van der Waals surface area contributed by atoms with Crippen molar-refractivity contribution in [1.29, 1.82) is 5.41 Å². The first kappa shape index (κ1) is 13.4. The van der Waals surface area contributed by atoms with E-state index in [1.807, 2.05) is 0 Å². The molecule has 0 spiro atoms. The van der Waals surface area contributed by atoms with E-state index in [9.17, 15) is 8.42 Å². The Labute approximate surface area is 96.9 Å². The highest BCUT2D eigenvalue weighted by Gasteiger charge is 2.34. The van der Waals surface area contributed by atoms with Crippen LogP contribution in [0.3, 0.4) is 0 Å². The molecule has 0 saturated carbocycles. The van der Waals surface area contributed by atoms with Gasteiger partial charge in [0.2, 0.25) is 0 Å². The molecule has 0 aromatic heterocycles. The SMILES string of the molecule is CC(C)NS(=O)(=O)N1CCCCC1C(=N)N. The Kier molecular flexibility index (Phi) is 4.28. The molecule has 6 nitrogen and oxygen atoms in total. The molecule has 1 saturated heterocycles. The summed E-state index contributed by atoms with van der Waals surface area (Å²) in [6, 6.07) is -0.635. The number of hydrogen-bond acceptors (Lipinski definition) is 3. The van der Waals surface area contributed by atoms with Crippen molar-refractivity contribution in [2.75, 3.05) is 6.54 Å². The van der Waals surface area contributed by atoms with Crippen LogP contribution in [0.5, 0.6) is 0 Å². The van der Waals surface area contributed by atoms with Gasteiger partial charge < -0.3 is 5.73 Å². The van der Waals surface area contributed by atoms with Crippen LogP contribution in [0.25, 0.3) is 0 Å². The second-order valence-corrected chi connectivity index (χ2v) is 6.01. The van der Waals surface area contributed by atoms with E-state index in [0.717, 1.165) is 12.8 Å². The molecular formula is C9H20N4O2S. The number of rotatable bonds is 4. The van der Waals surface area contributed by atoms with Crippen LogP contribution in [0, 0.1) is 5.41 Å². The maximum absolute atomic E-state index is 12.0. The zero-order chi connectivity index (χ0) is 12.3. The lowest BCUT2D eigenvalue weighted by atomic mass is 10.0. The number of piperidine rings is 1. The molecule has 0 aromatic rings. The van der Waals surface area contributed by atoms with Gasteiger partial charge in [-0.25, -0.2) is 0 Å². The molecule has 0 aromatic carbocycles. The first-order chi connectivity index (χ1) is 7.34. The Morgan fingerprint density at radius 3 is 2.62 bits per heavy atom. The summed E-state index contributed by atoms with van der Waals surface area (Å²) >= 11 is 0. The monoisotopic (exact) mass is 248 g/mol. The molecule has 1 aliphatic rings. The van der Waals surface area contributed by atoms with Crippen LogP contribution in [0.15, 0.2) is 0 Å². The predicted octanol–water partition coefficient (Wildman–Crippen LogP) is 0.0197. The molecule has 16 heavy (non-hydrogen) atoms. The fourth-order valence-electron chi connectivity index (χ4n) is 1.87. The minimum atomic E-state index is -3.51. The molecule has 1 aliphatic heterocycles. The van der Waals surface area contributed by atoms with Crippen molar-refractivity contribution in [1.82, 2.24) is 9.03 Å². The van der Waals surface area contributed by atoms with E-state index in [1.54, 1.807) is 13.8 Å². The summed E-state index contributed by atoms with van der Waals surface area (Å²) in [7, 11) is -3.51. The van der Waals surface area contributed by atoms with Gasteiger partial charge in [-0.2, -0.15) is 17.4 Å². The van der Waals surface area contributed by atoms with Crippen LogP contribution in [-0.4, -0.2) is 37.2 Å². The highest BCUT2D eigenvalue weighted by Crippen LogP contribution is 2.19. The summed E-state index contributed by atoms with van der Waals surface area (Å²) in [6.45, 7) is 3.97. The van der Waals surface area contributed by atoms with Gasteiger partial charge in [0.1, 0.15) is 5.84 Å². The normalized spacial score (nSPS) is 23.6. The minimum absolute atomic E-state index is 0.0752. The number of hydrogen-bond donors (Lipinski definition) is 3. The first-order valence-corrected chi connectivity index (χ1v) is 6.91. The molecule has 94 valence electrons. The van der Waals surface area contributed by atoms with Gasteiger partial charge in [-0.3, -0.25) is 5.41 Å². The molecule has 0 aliphatic carbocycles. The third kappa shape index (κ3) is 3.16. The fourth-order valence-corrected chi connectivity index (χ4v) is 3.52. The summed E-state index contributed by atoms with van der Waals surface area (Å²) in [4.78, 5) is 0. The van der Waals surface area contributed by atoms with Crippen molar-refractivity contribution in [3.63, 3.8) is 0 Å². The molecule has 7 heteroatoms. The lowest BCUT2D eigenvalue weighted by molar-refractivity contribution is 0.298. The third-order valence-corrected chi connectivity index (χ3v) is 4.33. The molecule has 1 fully saturated rings. The van der Waals surface area contributed by atoms with E-state index in [2.05, 4.69) is 4.72 Å². The lowest BCUT2D eigenvalue weighted by Gasteiger charge is -2.34. The number of nitrogens with one attached hydrogen (secondary N) is 2. The Hall–Kier alpha value is -0.660. The topological polar surface area (TPSA) is 99.3 Å². The van der Waals surface area contributed by atoms with Gasteiger partial charge in [0.15, 0.2) is 0 Å². The second-order valence-electron chi connectivity index (χ2n) is 4.36. The summed E-state index contributed by atoms with van der Waals surface area (Å²) in [5.74, 6) is -0.0752. The van der Waals surface area contributed by atoms with E-state index >= 15 is 0 Å². The Bertz CT molecular complexity index is 353. The molecule has 0 amide bonds. The fraction of sp³-hybridized carbons (Fsp3) is 0.889. The first-order valence-electron chi connectivity index (χ1n) is 5.47. The van der Waals surface area contributed by atoms with Crippen LogP contribution in [-0.2, 0) is 10.2 Å². The zero-order valence-corrected chi connectivity index (χ0v) is 10.5. The largest absolute Gasteiger partial charge is 0.386 e. The standard InChI is InChI=1S/C9H20N4O2S/c1-7(2)12-16(14,15)13-6-4-3-5-8(13)9(10)11/h7-8,12H,3-6H2,1-2H3,(H3,10,11). The average molecular weight is 248 g/mol. The molecular weight excluding hydrogens is 228 g/mol. The Morgan fingerprint density at radius 1 is 1.50 bits per heavy atom. The van der Waals surface area contributed by atoms with Crippen LogP contribution < -0.4 is 10.5 Å². The van der Waals surface area contributed by atoms with E-state index in [4.69, 9.17) is 11.1 Å². The van der Waals surface area contributed by atoms with E-state index in [-0.39, 0.29) is 11.9 Å². The average Bonchev–Trinajstić information content (AvgIpc) is 2.15. The van der Waals surface area contributed by atoms with Crippen LogP contribution in [0.2, 0.25) is 0 Å². The Balaban J connectivity index is 2.86. The second kappa shape index (κ2) is 5.11. The third-order valence-electron chi connectivity index (χ3n) is 2.51. The van der Waals surface area contributed by atoms with Gasteiger partial charge in [0.25, 0.3) is 10.2 Å². The highest BCUT2D eigenvalue weighted by molar-refractivity contribution is 7.87. The minimum Gasteiger partial charge on any atom is -0.386 e. The van der Waals surface area contributed by atoms with Crippen molar-refractivity contribution in [2.45, 2.75) is 45.2 Å². The van der Waals surface area contributed by atoms with Gasteiger partial charge in [-0.05, 0) is 26.7 Å². The van der Waals surface area contributed by atoms with Crippen LogP contribution in [0.1, 0.15) is 33.1 Å². The van der Waals surface area contributed by atoms with Crippen molar-refractivity contribution >= 4 is 16.0 Å². The molecule has 1 heterocycles. The number of amidine groups is 1. The predicted molar refractivity (Wildman–Crippen MR) is 63.5 cm³/mol. The van der Waals surface area contributed by atoms with Gasteiger partial charge in [-0.1, -0.05) is 6.42 Å². The van der Waals surface area contributed by atoms with Gasteiger partial charge in [-0.15, -0.1) is 0 Å². The quantitative estimate of drug-likeness (QED) is 0.483. The maximum atomic E-state index is 12.0. The van der Waals surface area contributed by atoms with Gasteiger partial charge >= 0.3 is 0 Å². The Morgan fingerprint density at radius 2 is 2.12 bits per heavy atom. The van der Waals surface area contributed by atoms with E-state index in [1.165, 1.54) is 4.31 Å². The number of nitrogens with two attached hydrogens (primary N) is 1. The summed E-state index contributed by atoms with van der Waals surface area (Å²) in [5, 5.41) is 7.43. The van der Waals surface area contributed by atoms with Gasteiger partial charge in [0.05, 0.1) is 6.04 Å². The lowest BCUT2D eigenvalue weighted by Crippen LogP contribution is -2.54. The van der Waals surface area contributed by atoms with Crippen molar-refractivity contribution in [2.24, 2.45) is 5.73 Å². The molecule has 1 atom stereocenters. The zero-order valence-electron chi connectivity index (χ0n) is 9.73. The van der Waals surface area contributed by atoms with Crippen molar-refractivity contribution in [3.05, 3.63) is 0 Å². The molecule has 0 radical (unpaired) electrons. The number of nitrogens with zero attached hydrogens (tertiary/aromatic N) is 1. The van der Waals surface area contributed by atoms with Crippen molar-refractivity contribution in [3.8, 4) is 0 Å². The molecule has 1 rings (SSSR count). The smallest absolute Gasteiger partial charge is 0.280 e. The molecule has 1 unspecified atom stereocenters. The van der Waals surface area contributed by atoms with E-state index in [0.29, 0.717) is 13.0 Å². The summed E-state index contributed by atoms with van der Waals surface area (Å²) < 4.78 is 27.8. The maximum Gasteiger partial charge on any atom is 0.280 e. The molecule has 0 bridgehead atoms. The molecule has 4 N–H and O–H groups in total. The summed E-state index contributed by atoms with van der Waals surface area (Å²) in [5.41, 5.74) is 5.43. The van der Waals surface area contributed by atoms with E-state index < -0.39 is 16.3 Å². The van der Waals surface area contributed by atoms with Crippen molar-refractivity contribution < 1.29 is 8.42 Å². The van der Waals surface area contributed by atoms with Crippen LogP contribution >= 0.6 is 0 Å². The van der Waals surface area contributed by atoms with Gasteiger partial charge in [0, 0.05) is 12.6 Å². The summed E-state index contributed by atoms with van der Waals surface area (Å²) in [6.07, 6.45) is 2.37.